The number of hydrogen-bond donors (Lipinski definition) is 1. The molecule has 2 heterocycles. The number of rotatable bonds is 2. The molecule has 0 unspecified atom stereocenters. The summed E-state index contributed by atoms with van der Waals surface area (Å²) in [6, 6.07) is 0.104. The molecule has 2 amide bonds. The second kappa shape index (κ2) is 6.02. The highest BCUT2D eigenvalue weighted by molar-refractivity contribution is 5.77. The average Bonchev–Trinajstić information content (AvgIpc) is 2.47. The Morgan fingerprint density at radius 2 is 1.60 bits per heavy atom. The van der Waals surface area contributed by atoms with Crippen LogP contribution >= 0.6 is 0 Å². The quantitative estimate of drug-likeness (QED) is 0.846. The molecule has 114 valence electrons. The van der Waals surface area contributed by atoms with Crippen molar-refractivity contribution in [3.63, 3.8) is 0 Å². The number of aliphatic carboxylic acids is 1. The third-order valence-corrected chi connectivity index (χ3v) is 5.18. The van der Waals surface area contributed by atoms with Gasteiger partial charge in [-0.25, -0.2) is 4.79 Å². The van der Waals surface area contributed by atoms with Crippen molar-refractivity contribution in [3.8, 4) is 0 Å². The smallest absolute Gasteiger partial charge is 0.319 e. The Morgan fingerprint density at radius 1 is 1.10 bits per heavy atom. The third kappa shape index (κ3) is 2.91. The van der Waals surface area contributed by atoms with E-state index in [1.807, 2.05) is 16.7 Å². The number of carboxylic acid groups (broad SMARTS) is 1. The van der Waals surface area contributed by atoms with Crippen LogP contribution in [0.4, 0.5) is 4.79 Å². The number of hydrogen-bond acceptors (Lipinski definition) is 2. The second-order valence-electron chi connectivity index (χ2n) is 6.38. The van der Waals surface area contributed by atoms with Crippen LogP contribution in [-0.4, -0.2) is 53.1 Å². The standard InChI is InChI=1S/C15H26N2O3/c1-3-15(13(18)19)6-10-17(11-7-15)14(20)16-8-4-12(2)5-9-16/h12H,3-11H2,1-2H3,(H,18,19). The van der Waals surface area contributed by atoms with Crippen molar-refractivity contribution in [1.29, 1.82) is 0 Å². The zero-order chi connectivity index (χ0) is 14.8. The first kappa shape index (κ1) is 15.1. The fraction of sp³-hybridized carbons (Fsp3) is 0.867. The van der Waals surface area contributed by atoms with Gasteiger partial charge in [-0.3, -0.25) is 4.79 Å². The summed E-state index contributed by atoms with van der Waals surface area (Å²) in [6.45, 7) is 6.99. The predicted octanol–water partition coefficient (Wildman–Crippen LogP) is 2.42. The summed E-state index contributed by atoms with van der Waals surface area (Å²) in [7, 11) is 0. The number of urea groups is 1. The van der Waals surface area contributed by atoms with Crippen LogP contribution in [0.5, 0.6) is 0 Å². The van der Waals surface area contributed by atoms with Crippen molar-refractivity contribution in [2.75, 3.05) is 26.2 Å². The minimum absolute atomic E-state index is 0.104. The molecule has 1 N–H and O–H groups in total. The van der Waals surface area contributed by atoms with E-state index in [1.165, 1.54) is 0 Å². The summed E-state index contributed by atoms with van der Waals surface area (Å²) in [5.41, 5.74) is -0.618. The topological polar surface area (TPSA) is 60.9 Å². The molecule has 2 fully saturated rings. The second-order valence-corrected chi connectivity index (χ2v) is 6.38. The van der Waals surface area contributed by atoms with E-state index in [9.17, 15) is 14.7 Å². The Kier molecular flexibility index (Phi) is 4.55. The molecule has 2 saturated heterocycles. The summed E-state index contributed by atoms with van der Waals surface area (Å²) >= 11 is 0. The SMILES string of the molecule is CCC1(C(=O)O)CCN(C(=O)N2CCC(C)CC2)CC1. The monoisotopic (exact) mass is 282 g/mol. The third-order valence-electron chi connectivity index (χ3n) is 5.18. The van der Waals surface area contributed by atoms with E-state index in [0.29, 0.717) is 38.3 Å². The van der Waals surface area contributed by atoms with Gasteiger partial charge in [0.1, 0.15) is 0 Å². The number of carbonyl (C=O) groups is 2. The molecule has 5 heteroatoms. The molecule has 0 aromatic heterocycles. The molecule has 0 atom stereocenters. The fourth-order valence-electron chi connectivity index (χ4n) is 3.24. The fourth-order valence-corrected chi connectivity index (χ4v) is 3.24. The molecular weight excluding hydrogens is 256 g/mol. The lowest BCUT2D eigenvalue weighted by molar-refractivity contribution is -0.152. The van der Waals surface area contributed by atoms with Crippen LogP contribution in [-0.2, 0) is 4.79 Å². The van der Waals surface area contributed by atoms with Crippen molar-refractivity contribution in [2.45, 2.75) is 46.0 Å². The maximum Gasteiger partial charge on any atom is 0.319 e. The zero-order valence-corrected chi connectivity index (χ0v) is 12.6. The number of carbonyl (C=O) groups excluding carboxylic acids is 1. The van der Waals surface area contributed by atoms with E-state index in [-0.39, 0.29) is 6.03 Å². The maximum absolute atomic E-state index is 12.4. The molecule has 0 aromatic rings. The van der Waals surface area contributed by atoms with Crippen LogP contribution in [0.1, 0.15) is 46.0 Å². The Balaban J connectivity index is 1.90. The molecule has 0 radical (unpaired) electrons. The zero-order valence-electron chi connectivity index (χ0n) is 12.6. The van der Waals surface area contributed by atoms with E-state index in [4.69, 9.17) is 0 Å². The van der Waals surface area contributed by atoms with E-state index in [1.54, 1.807) is 0 Å². The molecule has 5 nitrogen and oxygen atoms in total. The first-order chi connectivity index (χ1) is 9.48. The van der Waals surface area contributed by atoms with Gasteiger partial charge in [0.25, 0.3) is 0 Å². The highest BCUT2D eigenvalue weighted by Crippen LogP contribution is 2.35. The lowest BCUT2D eigenvalue weighted by Gasteiger charge is -2.41. The Labute approximate surface area is 120 Å². The van der Waals surface area contributed by atoms with Crippen LogP contribution in [0.15, 0.2) is 0 Å². The molecule has 0 saturated carbocycles. The van der Waals surface area contributed by atoms with Gasteiger partial charge in [-0.05, 0) is 38.0 Å². The van der Waals surface area contributed by atoms with Crippen LogP contribution in [0.3, 0.4) is 0 Å². The lowest BCUT2D eigenvalue weighted by atomic mass is 9.76. The largest absolute Gasteiger partial charge is 0.481 e. The van der Waals surface area contributed by atoms with E-state index in [2.05, 4.69) is 6.92 Å². The predicted molar refractivity (Wildman–Crippen MR) is 76.5 cm³/mol. The van der Waals surface area contributed by atoms with E-state index < -0.39 is 11.4 Å². The van der Waals surface area contributed by atoms with Crippen LogP contribution < -0.4 is 0 Å². The van der Waals surface area contributed by atoms with Gasteiger partial charge >= 0.3 is 12.0 Å². The summed E-state index contributed by atoms with van der Waals surface area (Å²) in [4.78, 5) is 27.6. The minimum atomic E-state index is -0.709. The van der Waals surface area contributed by atoms with Gasteiger partial charge in [0.15, 0.2) is 0 Å². The van der Waals surface area contributed by atoms with Crippen molar-refractivity contribution < 1.29 is 14.7 Å². The molecule has 0 bridgehead atoms. The van der Waals surface area contributed by atoms with Crippen molar-refractivity contribution in [3.05, 3.63) is 0 Å². The van der Waals surface area contributed by atoms with Gasteiger partial charge < -0.3 is 14.9 Å². The minimum Gasteiger partial charge on any atom is -0.481 e. The van der Waals surface area contributed by atoms with Gasteiger partial charge in [-0.15, -0.1) is 0 Å². The normalized spacial score (nSPS) is 23.7. The highest BCUT2D eigenvalue weighted by atomic mass is 16.4. The van der Waals surface area contributed by atoms with Gasteiger partial charge in [-0.1, -0.05) is 13.8 Å². The lowest BCUT2D eigenvalue weighted by Crippen LogP contribution is -2.52. The molecule has 20 heavy (non-hydrogen) atoms. The number of amides is 2. The molecule has 0 aliphatic carbocycles. The van der Waals surface area contributed by atoms with Crippen molar-refractivity contribution >= 4 is 12.0 Å². The van der Waals surface area contributed by atoms with Crippen LogP contribution in [0.2, 0.25) is 0 Å². The van der Waals surface area contributed by atoms with Gasteiger partial charge in [0.2, 0.25) is 0 Å². The number of piperidine rings is 2. The van der Waals surface area contributed by atoms with Crippen molar-refractivity contribution in [1.82, 2.24) is 9.80 Å². The highest BCUT2D eigenvalue weighted by Gasteiger charge is 2.41. The van der Waals surface area contributed by atoms with Gasteiger partial charge in [0, 0.05) is 26.2 Å². The number of likely N-dealkylation sites (tertiary alicyclic amines) is 2. The first-order valence-electron chi connectivity index (χ1n) is 7.76. The van der Waals surface area contributed by atoms with Crippen LogP contribution in [0.25, 0.3) is 0 Å². The molecule has 2 aliphatic rings. The Bertz CT molecular complexity index is 367. The van der Waals surface area contributed by atoms with E-state index >= 15 is 0 Å². The number of carboxylic acids is 1. The molecule has 0 spiro atoms. The van der Waals surface area contributed by atoms with Crippen molar-refractivity contribution in [2.24, 2.45) is 11.3 Å². The Hall–Kier alpha value is -1.26. The Morgan fingerprint density at radius 3 is 2.05 bits per heavy atom. The van der Waals surface area contributed by atoms with Gasteiger partial charge in [0.05, 0.1) is 5.41 Å². The summed E-state index contributed by atoms with van der Waals surface area (Å²) in [5, 5.41) is 9.38. The van der Waals surface area contributed by atoms with E-state index in [0.717, 1.165) is 25.9 Å². The summed E-state index contributed by atoms with van der Waals surface area (Å²) in [6.07, 6.45) is 3.95. The maximum atomic E-state index is 12.4. The molecule has 0 aromatic carbocycles. The molecule has 2 aliphatic heterocycles. The average molecular weight is 282 g/mol. The summed E-state index contributed by atoms with van der Waals surface area (Å²) < 4.78 is 0. The molecule has 2 rings (SSSR count). The van der Waals surface area contributed by atoms with Gasteiger partial charge in [-0.2, -0.15) is 0 Å². The first-order valence-corrected chi connectivity index (χ1v) is 7.76. The number of nitrogens with zero attached hydrogens (tertiary/aromatic N) is 2. The van der Waals surface area contributed by atoms with Crippen LogP contribution in [0, 0.1) is 11.3 Å². The summed E-state index contributed by atoms with van der Waals surface area (Å²) in [5.74, 6) is -0.000876. The molecular formula is C15H26N2O3.